The van der Waals surface area contributed by atoms with Crippen LogP contribution in [0.5, 0.6) is 0 Å². The van der Waals surface area contributed by atoms with E-state index >= 15 is 0 Å². The van der Waals surface area contributed by atoms with Crippen molar-refractivity contribution in [2.75, 3.05) is 20.6 Å². The number of carboxylic acid groups (broad SMARTS) is 1. The van der Waals surface area contributed by atoms with E-state index in [1.54, 1.807) is 0 Å². The van der Waals surface area contributed by atoms with E-state index in [2.05, 4.69) is 0 Å². The summed E-state index contributed by atoms with van der Waals surface area (Å²) in [6, 6.07) is 0. The molecule has 1 saturated carbocycles. The van der Waals surface area contributed by atoms with Crippen molar-refractivity contribution in [1.82, 2.24) is 4.90 Å². The van der Waals surface area contributed by atoms with Crippen LogP contribution in [0.3, 0.4) is 0 Å². The van der Waals surface area contributed by atoms with Gasteiger partial charge in [0.15, 0.2) is 0 Å². The third-order valence-electron chi connectivity index (χ3n) is 3.85. The van der Waals surface area contributed by atoms with E-state index < -0.39 is 13.1 Å². The summed E-state index contributed by atoms with van der Waals surface area (Å²) in [6.07, 6.45) is 3.63. The average Bonchev–Trinajstić information content (AvgIpc) is 2.26. The van der Waals surface area contributed by atoms with Gasteiger partial charge in [-0.15, -0.1) is 0 Å². The van der Waals surface area contributed by atoms with Crippen molar-refractivity contribution in [3.8, 4) is 0 Å². The molecule has 5 nitrogen and oxygen atoms in total. The topological polar surface area (TPSA) is 81.0 Å². The lowest BCUT2D eigenvalue weighted by atomic mass is 9.70. The minimum Gasteiger partial charge on any atom is -0.481 e. The molecule has 0 aromatic carbocycles. The highest BCUT2D eigenvalue weighted by Gasteiger charge is 2.35. The zero-order valence-electron chi connectivity index (χ0n) is 11.2. The Kier molecular flexibility index (Phi) is 6.12. The first-order valence-corrected chi connectivity index (χ1v) is 6.63. The van der Waals surface area contributed by atoms with Crippen LogP contribution in [0.25, 0.3) is 0 Å². The van der Waals surface area contributed by atoms with Gasteiger partial charge in [0.2, 0.25) is 0 Å². The summed E-state index contributed by atoms with van der Waals surface area (Å²) in [7, 11) is 2.66. The number of hydrogen-bond acceptors (Lipinski definition) is 4. The summed E-state index contributed by atoms with van der Waals surface area (Å²) < 4.78 is 0. The van der Waals surface area contributed by atoms with Crippen LogP contribution in [0.4, 0.5) is 0 Å². The van der Waals surface area contributed by atoms with E-state index in [1.807, 2.05) is 19.0 Å². The van der Waals surface area contributed by atoms with Crippen molar-refractivity contribution in [3.63, 3.8) is 0 Å². The molecule has 1 fully saturated rings. The molecule has 0 heterocycles. The largest absolute Gasteiger partial charge is 0.481 e. The Morgan fingerprint density at radius 2 is 2.00 bits per heavy atom. The van der Waals surface area contributed by atoms with Gasteiger partial charge < -0.3 is 20.1 Å². The molecule has 104 valence electrons. The quantitative estimate of drug-likeness (QED) is 0.605. The van der Waals surface area contributed by atoms with E-state index in [0.29, 0.717) is 25.1 Å². The fourth-order valence-electron chi connectivity index (χ4n) is 2.96. The third-order valence-corrected chi connectivity index (χ3v) is 3.85. The van der Waals surface area contributed by atoms with Crippen molar-refractivity contribution in [2.24, 2.45) is 17.8 Å². The molecule has 1 rings (SSSR count). The Morgan fingerprint density at radius 1 is 1.33 bits per heavy atom. The van der Waals surface area contributed by atoms with E-state index in [1.165, 1.54) is 0 Å². The first-order chi connectivity index (χ1) is 8.40. The molecule has 3 atom stereocenters. The molecule has 0 aliphatic heterocycles. The predicted octanol–water partition coefficient (Wildman–Crippen LogP) is 0.528. The second kappa shape index (κ2) is 7.11. The Bertz CT molecular complexity index is 273. The van der Waals surface area contributed by atoms with Gasteiger partial charge in [-0.05, 0) is 45.1 Å². The van der Waals surface area contributed by atoms with E-state index in [4.69, 9.17) is 10.0 Å². The summed E-state index contributed by atoms with van der Waals surface area (Å²) in [5.74, 6) is -0.475. The highest BCUT2D eigenvalue weighted by atomic mass is 16.4. The summed E-state index contributed by atoms with van der Waals surface area (Å²) in [5, 5.41) is 27.0. The van der Waals surface area contributed by atoms with Gasteiger partial charge in [-0.2, -0.15) is 0 Å². The second-order valence-electron chi connectivity index (χ2n) is 5.70. The van der Waals surface area contributed by atoms with Crippen LogP contribution in [0.1, 0.15) is 25.7 Å². The fourth-order valence-corrected chi connectivity index (χ4v) is 2.96. The first-order valence-electron chi connectivity index (χ1n) is 6.63. The van der Waals surface area contributed by atoms with E-state index in [-0.39, 0.29) is 11.8 Å². The van der Waals surface area contributed by atoms with Gasteiger partial charge >= 0.3 is 13.1 Å². The molecule has 0 bridgehead atoms. The summed E-state index contributed by atoms with van der Waals surface area (Å²) in [6.45, 7) is 0.812. The number of rotatable bonds is 6. The number of aliphatic carboxylic acids is 1. The zero-order valence-corrected chi connectivity index (χ0v) is 11.2. The normalized spacial score (nSPS) is 28.4. The summed E-state index contributed by atoms with van der Waals surface area (Å²) in [5.41, 5.74) is 0. The molecular weight excluding hydrogens is 233 g/mol. The second-order valence-corrected chi connectivity index (χ2v) is 5.70. The summed E-state index contributed by atoms with van der Waals surface area (Å²) in [4.78, 5) is 13.4. The molecule has 0 amide bonds. The van der Waals surface area contributed by atoms with Crippen LogP contribution in [-0.4, -0.2) is 53.8 Å². The Morgan fingerprint density at radius 3 is 2.50 bits per heavy atom. The van der Waals surface area contributed by atoms with Crippen molar-refractivity contribution < 1.29 is 19.9 Å². The van der Waals surface area contributed by atoms with Crippen LogP contribution in [-0.2, 0) is 4.79 Å². The Balaban J connectivity index is 2.51. The number of carboxylic acids is 1. The standard InChI is InChI=1S/C12H24BNO4/c1-14(2)8-10-4-3-9(5-6-13(17)18)7-11(10)12(15)16/h9-11,17-18H,3-8H2,1-2H3,(H,15,16)/t9-,10+,11-/m0/s1. The lowest BCUT2D eigenvalue weighted by Crippen LogP contribution is -2.37. The Labute approximate surface area is 109 Å². The van der Waals surface area contributed by atoms with Gasteiger partial charge in [-0.3, -0.25) is 4.79 Å². The van der Waals surface area contributed by atoms with Gasteiger partial charge in [-0.25, -0.2) is 0 Å². The zero-order chi connectivity index (χ0) is 13.7. The van der Waals surface area contributed by atoms with Crippen LogP contribution in [0.15, 0.2) is 0 Å². The van der Waals surface area contributed by atoms with Crippen LogP contribution < -0.4 is 0 Å². The summed E-state index contributed by atoms with van der Waals surface area (Å²) >= 11 is 0. The molecule has 1 aliphatic carbocycles. The predicted molar refractivity (Wildman–Crippen MR) is 70.1 cm³/mol. The first kappa shape index (κ1) is 15.5. The molecule has 0 aromatic rings. The third kappa shape index (κ3) is 4.96. The minimum atomic E-state index is -1.27. The molecule has 3 N–H and O–H groups in total. The van der Waals surface area contributed by atoms with E-state index in [9.17, 15) is 9.90 Å². The number of hydrogen-bond donors (Lipinski definition) is 3. The minimum absolute atomic E-state index is 0.216. The van der Waals surface area contributed by atoms with Crippen LogP contribution >= 0.6 is 0 Å². The van der Waals surface area contributed by atoms with Crippen molar-refractivity contribution in [1.29, 1.82) is 0 Å². The van der Waals surface area contributed by atoms with Gasteiger partial charge in [-0.1, -0.05) is 12.8 Å². The highest BCUT2D eigenvalue weighted by molar-refractivity contribution is 6.40. The SMILES string of the molecule is CN(C)C[C@H]1CC[C@@H](CCB(O)O)C[C@@H]1C(=O)O. The smallest absolute Gasteiger partial charge is 0.451 e. The van der Waals surface area contributed by atoms with Crippen LogP contribution in [0, 0.1) is 17.8 Å². The monoisotopic (exact) mass is 257 g/mol. The molecule has 0 radical (unpaired) electrons. The van der Waals surface area contributed by atoms with Gasteiger partial charge in [0.25, 0.3) is 0 Å². The van der Waals surface area contributed by atoms with E-state index in [0.717, 1.165) is 19.4 Å². The highest BCUT2D eigenvalue weighted by Crippen LogP contribution is 2.36. The molecule has 18 heavy (non-hydrogen) atoms. The maximum absolute atomic E-state index is 11.3. The number of nitrogens with zero attached hydrogens (tertiary/aromatic N) is 1. The molecule has 0 saturated heterocycles. The average molecular weight is 257 g/mol. The van der Waals surface area contributed by atoms with Crippen molar-refractivity contribution in [3.05, 3.63) is 0 Å². The van der Waals surface area contributed by atoms with Gasteiger partial charge in [0.05, 0.1) is 5.92 Å². The lowest BCUT2D eigenvalue weighted by molar-refractivity contribution is -0.146. The number of carbonyl (C=O) groups is 1. The van der Waals surface area contributed by atoms with Crippen molar-refractivity contribution >= 4 is 13.1 Å². The molecular formula is C12H24BNO4. The molecule has 0 spiro atoms. The fraction of sp³-hybridized carbons (Fsp3) is 0.917. The molecule has 1 aliphatic rings. The lowest BCUT2D eigenvalue weighted by Gasteiger charge is -2.35. The van der Waals surface area contributed by atoms with Crippen molar-refractivity contribution in [2.45, 2.75) is 32.0 Å². The molecule has 6 heteroatoms. The maximum atomic E-state index is 11.3. The molecule has 0 aromatic heterocycles. The van der Waals surface area contributed by atoms with Gasteiger partial charge in [0, 0.05) is 6.54 Å². The van der Waals surface area contributed by atoms with Gasteiger partial charge in [0.1, 0.15) is 0 Å². The maximum Gasteiger partial charge on any atom is 0.451 e. The molecule has 0 unspecified atom stereocenters. The van der Waals surface area contributed by atoms with Crippen LogP contribution in [0.2, 0.25) is 6.32 Å². The Hall–Kier alpha value is -0.585.